The van der Waals surface area contributed by atoms with E-state index in [4.69, 9.17) is 11.6 Å². The quantitative estimate of drug-likeness (QED) is 0.541. The Morgan fingerprint density at radius 1 is 1.23 bits per heavy atom. The van der Waals surface area contributed by atoms with Gasteiger partial charge in [0.15, 0.2) is 4.34 Å². The Hall–Kier alpha value is -1.40. The zero-order chi connectivity index (χ0) is 21.6. The standard InChI is InChI=1S/C18H24ClN5O3S3/c1-2-20-17-22-23-18(29-17)28-12-16(25)21-15-11-13(7-8-14(15)19)30(26,27)24-9-5-3-4-6-10-24/h7-8,11H,2-6,9-10,12H2,1H3,(H,20,22)(H,21,25). The number of hydrogen-bond donors (Lipinski definition) is 2. The first-order chi connectivity index (χ1) is 14.4. The van der Waals surface area contributed by atoms with Gasteiger partial charge in [0.2, 0.25) is 21.1 Å². The number of nitrogens with one attached hydrogen (secondary N) is 2. The summed E-state index contributed by atoms with van der Waals surface area (Å²) in [5, 5.41) is 14.8. The molecule has 1 aromatic carbocycles. The molecule has 1 amide bonds. The molecule has 2 heterocycles. The van der Waals surface area contributed by atoms with Crippen molar-refractivity contribution in [2.45, 2.75) is 41.8 Å². The predicted octanol–water partition coefficient (Wildman–Crippen LogP) is 3.92. The molecule has 0 unspecified atom stereocenters. The van der Waals surface area contributed by atoms with Gasteiger partial charge in [-0.3, -0.25) is 4.79 Å². The summed E-state index contributed by atoms with van der Waals surface area (Å²) in [6, 6.07) is 4.41. The monoisotopic (exact) mass is 489 g/mol. The largest absolute Gasteiger partial charge is 0.360 e. The molecule has 1 aliphatic rings. The van der Waals surface area contributed by atoms with E-state index in [-0.39, 0.29) is 27.3 Å². The average molecular weight is 490 g/mol. The summed E-state index contributed by atoms with van der Waals surface area (Å²) in [7, 11) is -3.62. The zero-order valence-corrected chi connectivity index (χ0v) is 19.8. The third-order valence-electron chi connectivity index (χ3n) is 4.48. The average Bonchev–Trinajstić information content (AvgIpc) is 2.98. The van der Waals surface area contributed by atoms with Gasteiger partial charge in [0.05, 0.1) is 21.4 Å². The highest BCUT2D eigenvalue weighted by atomic mass is 35.5. The maximum absolute atomic E-state index is 13.0. The molecule has 1 aromatic heterocycles. The fourth-order valence-electron chi connectivity index (χ4n) is 3.00. The van der Waals surface area contributed by atoms with Crippen LogP contribution in [0.1, 0.15) is 32.6 Å². The van der Waals surface area contributed by atoms with Gasteiger partial charge in [-0.15, -0.1) is 10.2 Å². The van der Waals surface area contributed by atoms with Crippen LogP contribution in [0.4, 0.5) is 10.8 Å². The number of carbonyl (C=O) groups excluding carboxylic acids is 1. The molecule has 1 aliphatic heterocycles. The topological polar surface area (TPSA) is 104 Å². The van der Waals surface area contributed by atoms with Crippen LogP contribution in [-0.4, -0.2) is 54.2 Å². The molecule has 0 spiro atoms. The van der Waals surface area contributed by atoms with Crippen LogP contribution in [0.3, 0.4) is 0 Å². The zero-order valence-electron chi connectivity index (χ0n) is 16.6. The van der Waals surface area contributed by atoms with Crippen molar-refractivity contribution in [3.05, 3.63) is 23.2 Å². The molecule has 0 bridgehead atoms. The van der Waals surface area contributed by atoms with Gasteiger partial charge in [-0.1, -0.05) is 47.5 Å². The lowest BCUT2D eigenvalue weighted by Crippen LogP contribution is -2.32. The van der Waals surface area contributed by atoms with Crippen LogP contribution in [-0.2, 0) is 14.8 Å². The van der Waals surface area contributed by atoms with E-state index in [1.807, 2.05) is 6.92 Å². The van der Waals surface area contributed by atoms with Crippen LogP contribution in [0, 0.1) is 0 Å². The number of aromatic nitrogens is 2. The first kappa shape index (κ1) is 23.3. The molecule has 2 aromatic rings. The highest BCUT2D eigenvalue weighted by molar-refractivity contribution is 8.01. The lowest BCUT2D eigenvalue weighted by atomic mass is 10.2. The predicted molar refractivity (Wildman–Crippen MR) is 122 cm³/mol. The minimum absolute atomic E-state index is 0.111. The number of amides is 1. The van der Waals surface area contributed by atoms with Gasteiger partial charge < -0.3 is 10.6 Å². The summed E-state index contributed by atoms with van der Waals surface area (Å²) in [6.07, 6.45) is 3.79. The van der Waals surface area contributed by atoms with Crippen molar-refractivity contribution in [3.63, 3.8) is 0 Å². The van der Waals surface area contributed by atoms with Gasteiger partial charge in [0.1, 0.15) is 0 Å². The van der Waals surface area contributed by atoms with Crippen molar-refractivity contribution in [2.24, 2.45) is 0 Å². The number of hydrogen-bond acceptors (Lipinski definition) is 8. The maximum Gasteiger partial charge on any atom is 0.243 e. The van der Waals surface area contributed by atoms with Crippen LogP contribution in [0.15, 0.2) is 27.4 Å². The van der Waals surface area contributed by atoms with E-state index in [1.165, 1.54) is 45.6 Å². The Kier molecular flexibility index (Phi) is 8.35. The number of benzene rings is 1. The molecule has 2 N–H and O–H groups in total. The minimum atomic E-state index is -3.62. The number of sulfonamides is 1. The number of nitrogens with zero attached hydrogens (tertiary/aromatic N) is 3. The van der Waals surface area contributed by atoms with Crippen LogP contribution in [0.5, 0.6) is 0 Å². The summed E-state index contributed by atoms with van der Waals surface area (Å²) >= 11 is 8.83. The summed E-state index contributed by atoms with van der Waals surface area (Å²) in [5.74, 6) is -0.188. The van der Waals surface area contributed by atoms with Crippen molar-refractivity contribution in [3.8, 4) is 0 Å². The second-order valence-corrected chi connectivity index (χ2v) is 11.2. The Morgan fingerprint density at radius 2 is 1.97 bits per heavy atom. The van der Waals surface area contributed by atoms with Gasteiger partial charge in [-0.25, -0.2) is 8.42 Å². The fourth-order valence-corrected chi connectivity index (χ4v) is 6.32. The highest BCUT2D eigenvalue weighted by Gasteiger charge is 2.26. The Bertz CT molecular complexity index is 975. The molecule has 3 rings (SSSR count). The summed E-state index contributed by atoms with van der Waals surface area (Å²) in [4.78, 5) is 12.5. The molecule has 0 radical (unpaired) electrons. The van der Waals surface area contributed by atoms with Gasteiger partial charge in [0, 0.05) is 19.6 Å². The molecule has 30 heavy (non-hydrogen) atoms. The lowest BCUT2D eigenvalue weighted by Gasteiger charge is -2.20. The van der Waals surface area contributed by atoms with Crippen molar-refractivity contribution >= 4 is 61.4 Å². The van der Waals surface area contributed by atoms with Gasteiger partial charge in [-0.2, -0.15) is 4.31 Å². The Balaban J connectivity index is 1.66. The van der Waals surface area contributed by atoms with E-state index < -0.39 is 10.0 Å². The normalized spacial score (nSPS) is 15.5. The van der Waals surface area contributed by atoms with E-state index in [1.54, 1.807) is 0 Å². The third-order valence-corrected chi connectivity index (χ3v) is 8.71. The second-order valence-electron chi connectivity index (χ2n) is 6.70. The van der Waals surface area contributed by atoms with Crippen molar-refractivity contribution in [1.29, 1.82) is 0 Å². The van der Waals surface area contributed by atoms with Crippen LogP contribution in [0.2, 0.25) is 5.02 Å². The first-order valence-electron chi connectivity index (χ1n) is 9.70. The van der Waals surface area contributed by atoms with E-state index in [2.05, 4.69) is 20.8 Å². The lowest BCUT2D eigenvalue weighted by molar-refractivity contribution is -0.113. The highest BCUT2D eigenvalue weighted by Crippen LogP contribution is 2.29. The number of halogens is 1. The number of thioether (sulfide) groups is 1. The smallest absolute Gasteiger partial charge is 0.243 e. The molecule has 0 atom stereocenters. The molecular formula is C18H24ClN5O3S3. The molecule has 8 nitrogen and oxygen atoms in total. The van der Waals surface area contributed by atoms with Gasteiger partial charge in [0.25, 0.3) is 0 Å². The maximum atomic E-state index is 13.0. The molecule has 164 valence electrons. The fraction of sp³-hybridized carbons (Fsp3) is 0.500. The Labute approximate surface area is 189 Å². The SMILES string of the molecule is CCNc1nnc(SCC(=O)Nc2cc(S(=O)(=O)N3CCCCCC3)ccc2Cl)s1. The molecule has 1 fully saturated rings. The van der Waals surface area contributed by atoms with E-state index >= 15 is 0 Å². The van der Waals surface area contributed by atoms with E-state index in [9.17, 15) is 13.2 Å². The van der Waals surface area contributed by atoms with Crippen LogP contribution in [0.25, 0.3) is 0 Å². The number of rotatable bonds is 8. The Morgan fingerprint density at radius 3 is 2.67 bits per heavy atom. The van der Waals surface area contributed by atoms with Gasteiger partial charge in [-0.05, 0) is 38.0 Å². The van der Waals surface area contributed by atoms with Crippen molar-refractivity contribution < 1.29 is 13.2 Å². The molecule has 12 heteroatoms. The van der Waals surface area contributed by atoms with E-state index in [0.29, 0.717) is 22.6 Å². The molecule has 0 saturated carbocycles. The molecule has 0 aliphatic carbocycles. The number of carbonyl (C=O) groups is 1. The van der Waals surface area contributed by atoms with Crippen LogP contribution < -0.4 is 10.6 Å². The second kappa shape index (κ2) is 10.8. The summed E-state index contributed by atoms with van der Waals surface area (Å²) < 4.78 is 28.2. The molecular weight excluding hydrogens is 466 g/mol. The first-order valence-corrected chi connectivity index (χ1v) is 13.3. The number of anilines is 2. The minimum Gasteiger partial charge on any atom is -0.360 e. The van der Waals surface area contributed by atoms with Crippen molar-refractivity contribution in [1.82, 2.24) is 14.5 Å². The van der Waals surface area contributed by atoms with Crippen molar-refractivity contribution in [2.75, 3.05) is 36.0 Å². The third kappa shape index (κ3) is 6.07. The van der Waals surface area contributed by atoms with E-state index in [0.717, 1.165) is 32.2 Å². The summed E-state index contributed by atoms with van der Waals surface area (Å²) in [6.45, 7) is 3.74. The molecule has 1 saturated heterocycles. The van der Waals surface area contributed by atoms with Crippen LogP contribution >= 0.6 is 34.7 Å². The summed E-state index contributed by atoms with van der Waals surface area (Å²) in [5.41, 5.74) is 0.281. The van der Waals surface area contributed by atoms with Gasteiger partial charge >= 0.3 is 0 Å².